The molecule has 2 aromatic carbocycles. The number of nitrogens with zero attached hydrogens (tertiary/aromatic N) is 4. The van der Waals surface area contributed by atoms with Crippen molar-refractivity contribution in [1.82, 2.24) is 25.5 Å². The van der Waals surface area contributed by atoms with Crippen LogP contribution in [-0.4, -0.2) is 32.7 Å². The van der Waals surface area contributed by atoms with Crippen LogP contribution in [0.2, 0.25) is 0 Å². The third-order valence-electron chi connectivity index (χ3n) is 4.57. The summed E-state index contributed by atoms with van der Waals surface area (Å²) in [6, 6.07) is 22.6. The van der Waals surface area contributed by atoms with Crippen LogP contribution in [0.1, 0.15) is 33.1 Å². The summed E-state index contributed by atoms with van der Waals surface area (Å²) in [4.78, 5) is 13.3. The number of thiophene rings is 1. The lowest BCUT2D eigenvalue weighted by Gasteiger charge is -2.18. The van der Waals surface area contributed by atoms with Gasteiger partial charge in [0.15, 0.2) is 0 Å². The Morgan fingerprint density at radius 1 is 1.00 bits per heavy atom. The second kappa shape index (κ2) is 8.58. The molecule has 4 rings (SSSR count). The summed E-state index contributed by atoms with van der Waals surface area (Å²) in [6.45, 7) is 0.570. The molecule has 6 nitrogen and oxygen atoms in total. The van der Waals surface area contributed by atoms with Gasteiger partial charge in [-0.15, -0.1) is 16.4 Å². The Hall–Kier alpha value is -3.32. The van der Waals surface area contributed by atoms with Gasteiger partial charge < -0.3 is 5.32 Å². The first kappa shape index (κ1) is 18.1. The number of hydrogen-bond acceptors (Lipinski definition) is 5. The summed E-state index contributed by atoms with van der Waals surface area (Å²) in [5.41, 5.74) is 3.18. The molecular weight excluding hydrogens is 370 g/mol. The molecule has 0 atom stereocenters. The number of aromatic nitrogens is 4. The maximum Gasteiger partial charge on any atom is 0.263 e. The summed E-state index contributed by atoms with van der Waals surface area (Å²) in [5.74, 6) is 0.116. The third-order valence-corrected chi connectivity index (χ3v) is 5.47. The van der Waals surface area contributed by atoms with Crippen molar-refractivity contribution in [2.45, 2.75) is 12.3 Å². The topological polar surface area (TPSA) is 72.7 Å². The van der Waals surface area contributed by atoms with Gasteiger partial charge >= 0.3 is 0 Å². The van der Waals surface area contributed by atoms with Crippen molar-refractivity contribution in [2.24, 2.45) is 0 Å². The molecule has 1 N–H and O–H groups in total. The van der Waals surface area contributed by atoms with Gasteiger partial charge in [0.25, 0.3) is 5.91 Å². The average Bonchev–Trinajstić information content (AvgIpc) is 3.44. The Balaban J connectivity index is 1.46. The Morgan fingerprint density at radius 2 is 1.68 bits per heavy atom. The number of tetrazole rings is 1. The van der Waals surface area contributed by atoms with E-state index in [2.05, 4.69) is 45.1 Å². The smallest absolute Gasteiger partial charge is 0.263 e. The van der Waals surface area contributed by atoms with Gasteiger partial charge in [-0.2, -0.15) is 4.68 Å². The zero-order valence-corrected chi connectivity index (χ0v) is 15.9. The Bertz CT molecular complexity index is 976. The summed E-state index contributed by atoms with van der Waals surface area (Å²) in [5, 5.41) is 16.1. The third kappa shape index (κ3) is 3.99. The molecule has 0 aliphatic rings. The van der Waals surface area contributed by atoms with E-state index < -0.39 is 0 Å². The second-order valence-corrected chi connectivity index (χ2v) is 7.22. The van der Waals surface area contributed by atoms with Gasteiger partial charge in [0.2, 0.25) is 0 Å². The highest BCUT2D eigenvalue weighted by Gasteiger charge is 2.17. The first-order valence-corrected chi connectivity index (χ1v) is 9.90. The van der Waals surface area contributed by atoms with Crippen molar-refractivity contribution in [3.8, 4) is 5.69 Å². The van der Waals surface area contributed by atoms with Gasteiger partial charge in [-0.1, -0.05) is 60.7 Å². The fraction of sp³-hybridized carbons (Fsp3) is 0.143. The Kier molecular flexibility index (Phi) is 5.53. The molecule has 0 spiro atoms. The normalized spacial score (nSPS) is 10.9. The summed E-state index contributed by atoms with van der Waals surface area (Å²) in [7, 11) is 0. The van der Waals surface area contributed by atoms with Crippen molar-refractivity contribution >= 4 is 17.2 Å². The summed E-state index contributed by atoms with van der Waals surface area (Å²) in [6.07, 6.45) is 2.30. The summed E-state index contributed by atoms with van der Waals surface area (Å²) >= 11 is 1.38. The molecule has 0 saturated carbocycles. The van der Waals surface area contributed by atoms with Crippen LogP contribution in [0.4, 0.5) is 0 Å². The molecule has 0 fully saturated rings. The van der Waals surface area contributed by atoms with E-state index in [1.54, 1.807) is 0 Å². The van der Waals surface area contributed by atoms with Crippen LogP contribution in [0.25, 0.3) is 5.69 Å². The summed E-state index contributed by atoms with van der Waals surface area (Å²) < 4.78 is 1.50. The Labute approximate surface area is 166 Å². The minimum absolute atomic E-state index is 0.111. The minimum Gasteiger partial charge on any atom is -0.351 e. The van der Waals surface area contributed by atoms with Crippen LogP contribution in [0, 0.1) is 0 Å². The highest BCUT2D eigenvalue weighted by molar-refractivity contribution is 7.12. The molecule has 0 radical (unpaired) electrons. The van der Waals surface area contributed by atoms with E-state index >= 15 is 0 Å². The zero-order valence-electron chi connectivity index (χ0n) is 15.1. The van der Waals surface area contributed by atoms with Crippen LogP contribution < -0.4 is 5.32 Å². The average molecular weight is 389 g/mol. The van der Waals surface area contributed by atoms with Crippen molar-refractivity contribution in [2.75, 3.05) is 6.54 Å². The number of hydrogen-bond donors (Lipinski definition) is 1. The van der Waals surface area contributed by atoms with Crippen molar-refractivity contribution < 1.29 is 4.79 Å². The molecule has 0 unspecified atom stereocenters. The number of carbonyl (C=O) groups excluding carboxylic acids is 1. The number of rotatable bonds is 7. The predicted octanol–water partition coefficient (Wildman–Crippen LogP) is 3.68. The quantitative estimate of drug-likeness (QED) is 0.523. The number of benzene rings is 2. The largest absolute Gasteiger partial charge is 0.351 e. The lowest BCUT2D eigenvalue weighted by Crippen LogP contribution is -2.26. The second-order valence-electron chi connectivity index (χ2n) is 6.31. The molecule has 4 aromatic rings. The van der Waals surface area contributed by atoms with E-state index in [4.69, 9.17) is 0 Å². The van der Waals surface area contributed by atoms with Crippen molar-refractivity contribution in [1.29, 1.82) is 0 Å². The van der Waals surface area contributed by atoms with Crippen LogP contribution in [-0.2, 0) is 0 Å². The van der Waals surface area contributed by atoms with Gasteiger partial charge in [-0.25, -0.2) is 0 Å². The fourth-order valence-electron chi connectivity index (χ4n) is 3.23. The lowest BCUT2D eigenvalue weighted by atomic mass is 9.88. The number of carbonyl (C=O) groups is 1. The van der Waals surface area contributed by atoms with E-state index in [1.165, 1.54) is 33.5 Å². The maximum absolute atomic E-state index is 12.7. The molecule has 0 aliphatic carbocycles. The molecule has 0 bridgehead atoms. The van der Waals surface area contributed by atoms with Gasteiger partial charge in [-0.3, -0.25) is 4.79 Å². The van der Waals surface area contributed by atoms with E-state index in [9.17, 15) is 4.79 Å². The minimum atomic E-state index is -0.111. The molecule has 1 amide bonds. The molecule has 28 heavy (non-hydrogen) atoms. The van der Waals surface area contributed by atoms with Gasteiger partial charge in [0, 0.05) is 12.5 Å². The predicted molar refractivity (Wildman–Crippen MR) is 109 cm³/mol. The zero-order chi connectivity index (χ0) is 19.2. The number of nitrogens with one attached hydrogen (secondary N) is 1. The maximum atomic E-state index is 12.7. The molecule has 0 saturated heterocycles. The first-order chi connectivity index (χ1) is 13.8. The van der Waals surface area contributed by atoms with E-state index in [0.29, 0.717) is 17.1 Å². The van der Waals surface area contributed by atoms with E-state index in [-0.39, 0.29) is 11.8 Å². The van der Waals surface area contributed by atoms with E-state index in [1.807, 2.05) is 47.8 Å². The fourth-order valence-corrected chi connectivity index (χ4v) is 4.03. The number of amides is 1. The molecule has 7 heteroatoms. The van der Waals surface area contributed by atoms with Crippen LogP contribution in [0.5, 0.6) is 0 Å². The van der Waals surface area contributed by atoms with Gasteiger partial charge in [0.1, 0.15) is 11.2 Å². The van der Waals surface area contributed by atoms with Crippen LogP contribution in [0.15, 0.2) is 78.4 Å². The highest BCUT2D eigenvalue weighted by Crippen LogP contribution is 2.27. The van der Waals surface area contributed by atoms with Crippen LogP contribution in [0.3, 0.4) is 0 Å². The van der Waals surface area contributed by atoms with Gasteiger partial charge in [0.05, 0.1) is 5.69 Å². The molecular formula is C21H19N5OS. The van der Waals surface area contributed by atoms with Gasteiger partial charge in [-0.05, 0) is 39.4 Å². The van der Waals surface area contributed by atoms with E-state index in [0.717, 1.165) is 6.42 Å². The monoisotopic (exact) mass is 389 g/mol. The standard InChI is InChI=1S/C21H19N5OS/c27-21(20-19(12-14-28-20)26-15-23-24-25-26)22-13-11-18(16-7-3-1-4-8-16)17-9-5-2-6-10-17/h1-10,12,14-15,18H,11,13H2,(H,22,27). The SMILES string of the molecule is O=C(NCCC(c1ccccc1)c1ccccc1)c1sccc1-n1cnnn1. The molecule has 2 heterocycles. The van der Waals surface area contributed by atoms with Crippen molar-refractivity contribution in [3.05, 3.63) is 94.4 Å². The molecule has 140 valence electrons. The lowest BCUT2D eigenvalue weighted by molar-refractivity contribution is 0.0956. The Morgan fingerprint density at radius 3 is 2.29 bits per heavy atom. The molecule has 0 aliphatic heterocycles. The first-order valence-electron chi connectivity index (χ1n) is 9.02. The van der Waals surface area contributed by atoms with Crippen LogP contribution >= 0.6 is 11.3 Å². The molecule has 2 aromatic heterocycles. The highest BCUT2D eigenvalue weighted by atomic mass is 32.1. The van der Waals surface area contributed by atoms with Crippen molar-refractivity contribution in [3.63, 3.8) is 0 Å².